The first-order valence-corrected chi connectivity index (χ1v) is 9.70. The summed E-state index contributed by atoms with van der Waals surface area (Å²) in [5.74, 6) is 1.58. The van der Waals surface area contributed by atoms with Gasteiger partial charge >= 0.3 is 0 Å². The second-order valence-corrected chi connectivity index (χ2v) is 8.22. The normalized spacial score (nSPS) is 13.5. The topological polar surface area (TPSA) is 44.8 Å². The Bertz CT molecular complexity index is 732. The number of hydrogen-bond donors (Lipinski definition) is 0. The number of aldehydes is 1. The number of carbonyl (C=O) groups is 1. The van der Waals surface area contributed by atoms with E-state index < -0.39 is 0 Å². The van der Waals surface area contributed by atoms with Crippen molar-refractivity contribution in [1.82, 2.24) is 0 Å². The van der Waals surface area contributed by atoms with Crippen molar-refractivity contribution in [2.75, 3.05) is 21.0 Å². The van der Waals surface area contributed by atoms with Crippen LogP contribution in [0.1, 0.15) is 42.6 Å². The van der Waals surface area contributed by atoms with E-state index in [1.165, 1.54) is 0 Å². The van der Waals surface area contributed by atoms with Crippen LogP contribution in [0.25, 0.3) is 0 Å². The van der Waals surface area contributed by atoms with E-state index in [-0.39, 0.29) is 11.9 Å². The molecule has 0 saturated carbocycles. The molecule has 2 aromatic carbocycles. The van der Waals surface area contributed by atoms with Gasteiger partial charge in [0.25, 0.3) is 0 Å². The highest BCUT2D eigenvalue weighted by Crippen LogP contribution is 2.49. The van der Waals surface area contributed by atoms with E-state index >= 15 is 0 Å². The third-order valence-corrected chi connectivity index (χ3v) is 6.16. The molecule has 2 unspecified atom stereocenters. The van der Waals surface area contributed by atoms with Gasteiger partial charge in [0.15, 0.2) is 13.1 Å². The summed E-state index contributed by atoms with van der Waals surface area (Å²) in [5, 5.41) is 0.893. The van der Waals surface area contributed by atoms with Crippen LogP contribution in [0, 0.1) is 0 Å². The number of hydrogen-bond acceptors (Lipinski definition) is 4. The van der Waals surface area contributed by atoms with E-state index in [0.717, 1.165) is 47.1 Å². The summed E-state index contributed by atoms with van der Waals surface area (Å²) in [6.45, 7) is 4.59. The monoisotopic (exact) mass is 374 g/mol. The third kappa shape index (κ3) is 4.84. The van der Waals surface area contributed by atoms with E-state index in [9.17, 15) is 4.79 Å². The average Bonchev–Trinajstić information content (AvgIpc) is 2.66. The predicted molar refractivity (Wildman–Crippen MR) is 108 cm³/mol. The summed E-state index contributed by atoms with van der Waals surface area (Å²) in [7, 11) is 3.70. The molecular weight excluding hydrogens is 347 g/mol. The van der Waals surface area contributed by atoms with Crippen molar-refractivity contribution in [3.63, 3.8) is 0 Å². The Morgan fingerprint density at radius 3 is 2.58 bits per heavy atom. The highest BCUT2D eigenvalue weighted by molar-refractivity contribution is 7.48. The summed E-state index contributed by atoms with van der Waals surface area (Å²) >= 11 is 0. The van der Waals surface area contributed by atoms with Crippen molar-refractivity contribution in [3.8, 4) is 11.5 Å². The molecule has 0 saturated heterocycles. The van der Waals surface area contributed by atoms with Crippen molar-refractivity contribution in [2.24, 2.45) is 0 Å². The standard InChI is InChI=1S/C21H27O4P/c1-5-12-21(2,26-20-9-7-6-8-16(20)14-22)18-13-17(24-4)10-11-19(18)25-15-23-3/h6-11,13-14,26H,5,12,15H2,1-4H3. The molecule has 5 heteroatoms. The van der Waals surface area contributed by atoms with Crippen LogP contribution in [0.5, 0.6) is 11.5 Å². The molecule has 0 bridgehead atoms. The Kier molecular flexibility index (Phi) is 7.62. The van der Waals surface area contributed by atoms with Gasteiger partial charge in [-0.15, -0.1) is 0 Å². The fraction of sp³-hybridized carbons (Fsp3) is 0.381. The lowest BCUT2D eigenvalue weighted by atomic mass is 9.94. The minimum atomic E-state index is -0.175. The van der Waals surface area contributed by atoms with Gasteiger partial charge in [0.1, 0.15) is 11.5 Å². The number of rotatable bonds is 10. The zero-order valence-electron chi connectivity index (χ0n) is 15.9. The molecule has 2 aromatic rings. The lowest BCUT2D eigenvalue weighted by Gasteiger charge is -2.32. The van der Waals surface area contributed by atoms with Crippen molar-refractivity contribution < 1.29 is 19.0 Å². The average molecular weight is 374 g/mol. The fourth-order valence-corrected chi connectivity index (χ4v) is 4.86. The minimum absolute atomic E-state index is 0.175. The van der Waals surface area contributed by atoms with Gasteiger partial charge in [-0.25, -0.2) is 0 Å². The van der Waals surface area contributed by atoms with Gasteiger partial charge in [0, 0.05) is 23.4 Å². The van der Waals surface area contributed by atoms with Gasteiger partial charge in [0.2, 0.25) is 0 Å². The van der Waals surface area contributed by atoms with Crippen LogP contribution in [0.4, 0.5) is 0 Å². The summed E-state index contributed by atoms with van der Waals surface area (Å²) in [4.78, 5) is 11.5. The molecule has 0 aliphatic carbocycles. The highest BCUT2D eigenvalue weighted by Gasteiger charge is 2.31. The SMILES string of the molecule is CCCC(C)(Pc1ccccc1C=O)c1cc(OC)ccc1OCOC. The number of methoxy groups -OCH3 is 2. The summed E-state index contributed by atoms with van der Waals surface area (Å²) in [6.07, 6.45) is 2.92. The Morgan fingerprint density at radius 1 is 1.15 bits per heavy atom. The molecule has 0 aliphatic rings. The smallest absolute Gasteiger partial charge is 0.188 e. The van der Waals surface area contributed by atoms with Crippen molar-refractivity contribution >= 4 is 20.2 Å². The summed E-state index contributed by atoms with van der Waals surface area (Å²) in [6, 6.07) is 13.6. The molecule has 0 fully saturated rings. The van der Waals surface area contributed by atoms with Gasteiger partial charge < -0.3 is 14.2 Å². The molecule has 0 aromatic heterocycles. The van der Waals surface area contributed by atoms with Crippen LogP contribution in [0.2, 0.25) is 0 Å². The lowest BCUT2D eigenvalue weighted by molar-refractivity contribution is 0.0499. The van der Waals surface area contributed by atoms with Crippen LogP contribution in [-0.4, -0.2) is 27.3 Å². The molecule has 2 atom stereocenters. The van der Waals surface area contributed by atoms with Gasteiger partial charge in [0.05, 0.1) is 7.11 Å². The minimum Gasteiger partial charge on any atom is -0.497 e. The van der Waals surface area contributed by atoms with E-state index in [0.29, 0.717) is 8.58 Å². The molecule has 0 aliphatic heterocycles. The second-order valence-electron chi connectivity index (χ2n) is 6.33. The zero-order valence-corrected chi connectivity index (χ0v) is 16.9. The van der Waals surface area contributed by atoms with E-state index in [1.54, 1.807) is 14.2 Å². The van der Waals surface area contributed by atoms with Gasteiger partial charge in [-0.3, -0.25) is 4.79 Å². The fourth-order valence-electron chi connectivity index (χ4n) is 3.09. The molecule has 0 amide bonds. The molecule has 26 heavy (non-hydrogen) atoms. The quantitative estimate of drug-likeness (QED) is 0.349. The van der Waals surface area contributed by atoms with Gasteiger partial charge in [-0.2, -0.15) is 0 Å². The van der Waals surface area contributed by atoms with E-state index in [1.807, 2.05) is 42.5 Å². The van der Waals surface area contributed by atoms with Crippen molar-refractivity contribution in [1.29, 1.82) is 0 Å². The van der Waals surface area contributed by atoms with Crippen LogP contribution in [0.15, 0.2) is 42.5 Å². The zero-order chi connectivity index (χ0) is 19.0. The van der Waals surface area contributed by atoms with E-state index in [4.69, 9.17) is 14.2 Å². The largest absolute Gasteiger partial charge is 0.497 e. The highest BCUT2D eigenvalue weighted by atomic mass is 31.1. The van der Waals surface area contributed by atoms with Crippen LogP contribution >= 0.6 is 8.58 Å². The summed E-state index contributed by atoms with van der Waals surface area (Å²) < 4.78 is 16.4. The molecule has 4 nitrogen and oxygen atoms in total. The molecule has 0 spiro atoms. The van der Waals surface area contributed by atoms with Crippen LogP contribution in [0.3, 0.4) is 0 Å². The van der Waals surface area contributed by atoms with Gasteiger partial charge in [-0.05, 0) is 29.9 Å². The number of carbonyl (C=O) groups excluding carboxylic acids is 1. The maximum Gasteiger partial charge on any atom is 0.188 e. The second kappa shape index (κ2) is 9.70. The first-order valence-electron chi connectivity index (χ1n) is 8.70. The first-order chi connectivity index (χ1) is 12.6. The lowest BCUT2D eigenvalue weighted by Crippen LogP contribution is -2.22. The maximum atomic E-state index is 11.5. The van der Waals surface area contributed by atoms with Crippen LogP contribution < -0.4 is 14.8 Å². The van der Waals surface area contributed by atoms with Crippen molar-refractivity contribution in [2.45, 2.75) is 31.8 Å². The Hall–Kier alpha value is -1.90. The molecule has 0 heterocycles. The molecular formula is C21H27O4P. The molecule has 140 valence electrons. The number of benzene rings is 2. The number of ether oxygens (including phenoxy) is 3. The van der Waals surface area contributed by atoms with E-state index in [2.05, 4.69) is 13.8 Å². The van der Waals surface area contributed by atoms with Crippen LogP contribution in [-0.2, 0) is 9.89 Å². The Balaban J connectivity index is 2.51. The molecule has 2 rings (SSSR count). The maximum absolute atomic E-state index is 11.5. The van der Waals surface area contributed by atoms with Gasteiger partial charge in [-0.1, -0.05) is 53.1 Å². The predicted octanol–water partition coefficient (Wildman–Crippen LogP) is 4.51. The third-order valence-electron chi connectivity index (χ3n) is 4.36. The van der Waals surface area contributed by atoms with Crippen molar-refractivity contribution in [3.05, 3.63) is 53.6 Å². The molecule has 0 radical (unpaired) electrons. The summed E-state index contributed by atoms with van der Waals surface area (Å²) in [5.41, 5.74) is 1.82. The Morgan fingerprint density at radius 2 is 1.92 bits per heavy atom. The Labute approximate surface area is 157 Å². The molecule has 0 N–H and O–H groups in total. The first kappa shape index (κ1) is 20.4.